The molecule has 1 N–H and O–H groups in total. The van der Waals surface area contributed by atoms with E-state index in [1.54, 1.807) is 12.1 Å². The van der Waals surface area contributed by atoms with E-state index in [0.717, 1.165) is 31.6 Å². The van der Waals surface area contributed by atoms with Crippen molar-refractivity contribution >= 4 is 34.8 Å². The Hall–Kier alpha value is -0.770. The number of nitrogens with zero attached hydrogens (tertiary/aromatic N) is 1. The third kappa shape index (κ3) is 3.41. The van der Waals surface area contributed by atoms with Crippen molar-refractivity contribution in [1.29, 1.82) is 0 Å². The number of rotatable bonds is 3. The van der Waals surface area contributed by atoms with Gasteiger partial charge in [-0.05, 0) is 44.1 Å². The number of nitrogens with one attached hydrogen (secondary N) is 1. The van der Waals surface area contributed by atoms with Gasteiger partial charge in [0.1, 0.15) is 0 Å². The van der Waals surface area contributed by atoms with Crippen LogP contribution in [0, 0.1) is 0 Å². The fourth-order valence-electron chi connectivity index (χ4n) is 2.43. The molecular formula is C14H18Cl2N2O. The fourth-order valence-corrected chi connectivity index (χ4v) is 2.72. The molecule has 1 saturated heterocycles. The summed E-state index contributed by atoms with van der Waals surface area (Å²) in [6.07, 6.45) is 2.42. The first-order valence-electron chi connectivity index (χ1n) is 6.61. The molecule has 0 unspecified atom stereocenters. The van der Waals surface area contributed by atoms with Gasteiger partial charge in [-0.3, -0.25) is 4.79 Å². The number of anilines is 1. The Morgan fingerprint density at radius 1 is 1.32 bits per heavy atom. The predicted octanol–water partition coefficient (Wildman–Crippen LogP) is 3.49. The lowest BCUT2D eigenvalue weighted by atomic mass is 10.0. The number of carbonyl (C=O) groups is 1. The molecule has 0 aliphatic carbocycles. The highest BCUT2D eigenvalue weighted by atomic mass is 35.5. The average Bonchev–Trinajstić information content (AvgIpc) is 2.44. The highest BCUT2D eigenvalue weighted by Gasteiger charge is 2.26. The molecule has 2 rings (SSSR count). The third-order valence-electron chi connectivity index (χ3n) is 3.43. The van der Waals surface area contributed by atoms with Crippen LogP contribution in [0.5, 0.6) is 0 Å². The summed E-state index contributed by atoms with van der Waals surface area (Å²) in [5.41, 5.74) is 0.841. The third-order valence-corrected chi connectivity index (χ3v) is 4.17. The molecular weight excluding hydrogens is 283 g/mol. The van der Waals surface area contributed by atoms with Crippen LogP contribution in [0.3, 0.4) is 0 Å². The van der Waals surface area contributed by atoms with Crippen LogP contribution in [-0.4, -0.2) is 25.0 Å². The second-order valence-electron chi connectivity index (χ2n) is 4.70. The zero-order chi connectivity index (χ0) is 13.8. The molecule has 1 fully saturated rings. The Balaban J connectivity index is 2.30. The van der Waals surface area contributed by atoms with Crippen LogP contribution >= 0.6 is 23.2 Å². The molecule has 1 heterocycles. The zero-order valence-electron chi connectivity index (χ0n) is 11.0. The lowest BCUT2D eigenvalue weighted by molar-refractivity contribution is -0.118. The molecule has 0 bridgehead atoms. The maximum Gasteiger partial charge on any atom is 0.226 e. The summed E-state index contributed by atoms with van der Waals surface area (Å²) in [5.74, 6) is 0.130. The summed E-state index contributed by atoms with van der Waals surface area (Å²) in [6, 6.07) is 5.63. The van der Waals surface area contributed by atoms with Crippen LogP contribution in [-0.2, 0) is 4.79 Å². The maximum atomic E-state index is 12.2. The summed E-state index contributed by atoms with van der Waals surface area (Å²) in [4.78, 5) is 14.1. The van der Waals surface area contributed by atoms with Crippen molar-refractivity contribution in [3.05, 3.63) is 28.2 Å². The van der Waals surface area contributed by atoms with E-state index in [9.17, 15) is 4.79 Å². The van der Waals surface area contributed by atoms with E-state index in [2.05, 4.69) is 5.32 Å². The van der Waals surface area contributed by atoms with Crippen molar-refractivity contribution in [2.45, 2.75) is 32.2 Å². The first-order valence-corrected chi connectivity index (χ1v) is 7.37. The van der Waals surface area contributed by atoms with Gasteiger partial charge in [0.25, 0.3) is 0 Å². The van der Waals surface area contributed by atoms with Crippen molar-refractivity contribution in [1.82, 2.24) is 5.32 Å². The number of carbonyl (C=O) groups excluding carboxylic acids is 1. The summed E-state index contributed by atoms with van der Waals surface area (Å²) < 4.78 is 0. The minimum Gasteiger partial charge on any atom is -0.317 e. The average molecular weight is 301 g/mol. The summed E-state index contributed by atoms with van der Waals surface area (Å²) in [6.45, 7) is 3.77. The highest BCUT2D eigenvalue weighted by molar-refractivity contribution is 6.42. The molecule has 0 aromatic heterocycles. The number of benzene rings is 1. The molecule has 1 aromatic carbocycles. The Morgan fingerprint density at radius 3 is 2.58 bits per heavy atom. The smallest absolute Gasteiger partial charge is 0.226 e. The van der Waals surface area contributed by atoms with Crippen LogP contribution in [0.25, 0.3) is 0 Å². The Labute approximate surface area is 123 Å². The molecule has 0 atom stereocenters. The minimum atomic E-state index is 0.130. The van der Waals surface area contributed by atoms with Crippen LogP contribution in [0.1, 0.15) is 26.2 Å². The topological polar surface area (TPSA) is 32.3 Å². The van der Waals surface area contributed by atoms with Crippen molar-refractivity contribution in [2.24, 2.45) is 0 Å². The molecule has 0 saturated carbocycles. The van der Waals surface area contributed by atoms with Gasteiger partial charge in [-0.1, -0.05) is 30.1 Å². The quantitative estimate of drug-likeness (QED) is 0.927. The van der Waals surface area contributed by atoms with E-state index < -0.39 is 0 Å². The van der Waals surface area contributed by atoms with Gasteiger partial charge in [0.05, 0.1) is 10.0 Å². The lowest BCUT2D eigenvalue weighted by Crippen LogP contribution is -2.46. The maximum absolute atomic E-state index is 12.2. The van der Waals surface area contributed by atoms with Crippen LogP contribution in [0.4, 0.5) is 5.69 Å². The van der Waals surface area contributed by atoms with E-state index in [-0.39, 0.29) is 11.9 Å². The Kier molecular flexibility index (Phi) is 5.08. The van der Waals surface area contributed by atoms with E-state index >= 15 is 0 Å². The normalized spacial score (nSPS) is 16.4. The van der Waals surface area contributed by atoms with E-state index in [0.29, 0.717) is 16.5 Å². The zero-order valence-corrected chi connectivity index (χ0v) is 12.5. The molecule has 1 aliphatic rings. The van der Waals surface area contributed by atoms with Gasteiger partial charge in [-0.25, -0.2) is 0 Å². The molecule has 0 spiro atoms. The SMILES string of the molecule is CCC(=O)N(c1ccc(Cl)c(Cl)c1)C1CCNCC1. The van der Waals surface area contributed by atoms with Gasteiger partial charge < -0.3 is 10.2 Å². The monoisotopic (exact) mass is 300 g/mol. The van der Waals surface area contributed by atoms with Crippen molar-refractivity contribution in [3.8, 4) is 0 Å². The van der Waals surface area contributed by atoms with Gasteiger partial charge in [-0.15, -0.1) is 0 Å². The van der Waals surface area contributed by atoms with Crippen LogP contribution in [0.15, 0.2) is 18.2 Å². The number of piperidine rings is 1. The largest absolute Gasteiger partial charge is 0.317 e. The summed E-state index contributed by atoms with van der Waals surface area (Å²) in [7, 11) is 0. The van der Waals surface area contributed by atoms with Gasteiger partial charge in [-0.2, -0.15) is 0 Å². The standard InChI is InChI=1S/C14H18Cl2N2O/c1-2-14(19)18(10-5-7-17-8-6-10)11-3-4-12(15)13(16)9-11/h3-4,9-10,17H,2,5-8H2,1H3. The van der Waals surface area contributed by atoms with E-state index in [4.69, 9.17) is 23.2 Å². The Bertz CT molecular complexity index is 459. The van der Waals surface area contributed by atoms with Crippen molar-refractivity contribution in [3.63, 3.8) is 0 Å². The highest BCUT2D eigenvalue weighted by Crippen LogP contribution is 2.30. The lowest BCUT2D eigenvalue weighted by Gasteiger charge is -2.34. The van der Waals surface area contributed by atoms with E-state index in [1.807, 2.05) is 17.9 Å². The molecule has 1 aliphatic heterocycles. The van der Waals surface area contributed by atoms with Crippen LogP contribution < -0.4 is 10.2 Å². The van der Waals surface area contributed by atoms with Crippen molar-refractivity contribution in [2.75, 3.05) is 18.0 Å². The Morgan fingerprint density at radius 2 is 2.00 bits per heavy atom. The molecule has 1 amide bonds. The second kappa shape index (κ2) is 6.60. The molecule has 104 valence electrons. The second-order valence-corrected chi connectivity index (χ2v) is 5.51. The van der Waals surface area contributed by atoms with Gasteiger partial charge in [0, 0.05) is 18.2 Å². The first-order chi connectivity index (χ1) is 9.13. The molecule has 5 heteroatoms. The van der Waals surface area contributed by atoms with Gasteiger partial charge in [0.15, 0.2) is 0 Å². The van der Waals surface area contributed by atoms with Crippen LogP contribution in [0.2, 0.25) is 10.0 Å². The van der Waals surface area contributed by atoms with Gasteiger partial charge >= 0.3 is 0 Å². The summed E-state index contributed by atoms with van der Waals surface area (Å²) >= 11 is 12.0. The number of hydrogen-bond donors (Lipinski definition) is 1. The van der Waals surface area contributed by atoms with E-state index in [1.165, 1.54) is 0 Å². The number of halogens is 2. The number of amides is 1. The molecule has 19 heavy (non-hydrogen) atoms. The summed E-state index contributed by atoms with van der Waals surface area (Å²) in [5, 5.41) is 4.31. The minimum absolute atomic E-state index is 0.130. The fraction of sp³-hybridized carbons (Fsp3) is 0.500. The van der Waals surface area contributed by atoms with Gasteiger partial charge in [0.2, 0.25) is 5.91 Å². The van der Waals surface area contributed by atoms with Crippen molar-refractivity contribution < 1.29 is 4.79 Å². The molecule has 1 aromatic rings. The number of hydrogen-bond acceptors (Lipinski definition) is 2. The molecule has 0 radical (unpaired) electrons. The molecule has 3 nitrogen and oxygen atoms in total. The first kappa shape index (κ1) is 14.6. The predicted molar refractivity (Wildman–Crippen MR) is 80.1 cm³/mol.